The maximum atomic E-state index is 14.0. The highest BCUT2D eigenvalue weighted by Crippen LogP contribution is 2.37. The second-order valence-corrected chi connectivity index (χ2v) is 8.29. The Bertz CT molecular complexity index is 1450. The molecule has 174 valence electrons. The van der Waals surface area contributed by atoms with Gasteiger partial charge >= 0.3 is 11.7 Å². The molecule has 0 saturated carbocycles. The summed E-state index contributed by atoms with van der Waals surface area (Å²) in [6.45, 7) is 5.18. The van der Waals surface area contributed by atoms with Crippen molar-refractivity contribution < 1.29 is 27.7 Å². The number of fused-ring (bicyclic) bond motifs is 3. The molecule has 1 unspecified atom stereocenters. The topological polar surface area (TPSA) is 133 Å². The molecule has 1 atom stereocenters. The molecule has 14 heteroatoms. The Morgan fingerprint density at radius 2 is 2.06 bits per heavy atom. The van der Waals surface area contributed by atoms with Gasteiger partial charge in [0, 0.05) is 18.3 Å². The number of aromatic amines is 1. The van der Waals surface area contributed by atoms with Gasteiger partial charge in [0.2, 0.25) is 11.5 Å². The maximum absolute atomic E-state index is 14.0. The summed E-state index contributed by atoms with van der Waals surface area (Å²) in [6.07, 6.45) is -1.95. The van der Waals surface area contributed by atoms with E-state index in [0.29, 0.717) is 5.82 Å². The Balaban J connectivity index is 2.17. The number of halogens is 3. The van der Waals surface area contributed by atoms with Gasteiger partial charge in [0.1, 0.15) is 5.82 Å². The van der Waals surface area contributed by atoms with E-state index in [0.717, 1.165) is 10.5 Å². The number of hydrogen-bond acceptors (Lipinski definition) is 7. The van der Waals surface area contributed by atoms with Crippen LogP contribution in [0, 0.1) is 0 Å². The highest BCUT2D eigenvalue weighted by atomic mass is 31.1. The molecule has 0 fully saturated rings. The molecule has 2 N–H and O–H groups in total. The van der Waals surface area contributed by atoms with Crippen LogP contribution in [0.15, 0.2) is 29.3 Å². The number of imidazole rings is 1. The van der Waals surface area contributed by atoms with Crippen LogP contribution in [0.1, 0.15) is 43.9 Å². The summed E-state index contributed by atoms with van der Waals surface area (Å²) in [6, 6.07) is 2.01. The van der Waals surface area contributed by atoms with E-state index in [1.165, 1.54) is 23.0 Å². The number of rotatable bonds is 5. The van der Waals surface area contributed by atoms with Gasteiger partial charge in [-0.1, -0.05) is 13.8 Å². The standard InChI is InChI=1S/C19H18F3N6O4P/c1-4-32-18(33(30)31)16-26-25-15-17(29)24-11-7-10(19(20,21)22)12(8-13(11)28(15)16)27-6-5-23-14(27)9(2)3/h5-9H,4H2,1-3H3,(H,24,29)(H,30,31). The van der Waals surface area contributed by atoms with Gasteiger partial charge in [0.25, 0.3) is 13.6 Å². The lowest BCUT2D eigenvalue weighted by molar-refractivity contribution is -0.168. The fourth-order valence-corrected chi connectivity index (χ4v) is 4.11. The number of aromatic nitrogens is 6. The van der Waals surface area contributed by atoms with E-state index in [2.05, 4.69) is 20.2 Å². The minimum Gasteiger partial charge on any atom is -0.601 e. The first-order valence-corrected chi connectivity index (χ1v) is 11.0. The van der Waals surface area contributed by atoms with Crippen molar-refractivity contribution in [3.63, 3.8) is 0 Å². The average Bonchev–Trinajstić information content (AvgIpc) is 3.38. The lowest BCUT2D eigenvalue weighted by Crippen LogP contribution is -2.18. The number of nitrogens with one attached hydrogen (secondary N) is 1. The molecule has 0 saturated heterocycles. The Labute approximate surface area is 184 Å². The predicted molar refractivity (Wildman–Crippen MR) is 112 cm³/mol. The van der Waals surface area contributed by atoms with Crippen molar-refractivity contribution in [1.82, 2.24) is 29.1 Å². The van der Waals surface area contributed by atoms with Crippen LogP contribution in [0.5, 0.6) is 0 Å². The van der Waals surface area contributed by atoms with Crippen LogP contribution in [0.3, 0.4) is 0 Å². The van der Waals surface area contributed by atoms with Crippen LogP contribution in [-0.4, -0.2) is 46.1 Å². The zero-order valence-electron chi connectivity index (χ0n) is 17.6. The Hall–Kier alpha value is -3.12. The fourth-order valence-electron chi connectivity index (χ4n) is 3.55. The lowest BCUT2D eigenvalue weighted by Gasteiger charge is -2.18. The third-order valence-corrected chi connectivity index (χ3v) is 5.54. The number of benzene rings is 1. The quantitative estimate of drug-likeness (QED) is 0.416. The molecule has 0 bridgehead atoms. The van der Waals surface area contributed by atoms with Crippen LogP contribution >= 0.6 is 8.00 Å². The second-order valence-electron chi connectivity index (χ2n) is 7.34. The number of H-pyrrole nitrogens is 1. The van der Waals surface area contributed by atoms with Crippen LogP contribution in [0.25, 0.3) is 22.4 Å². The highest BCUT2D eigenvalue weighted by Gasteiger charge is 2.36. The number of ether oxygens (including phenoxy) is 1. The molecule has 33 heavy (non-hydrogen) atoms. The van der Waals surface area contributed by atoms with Crippen molar-refractivity contribution in [2.45, 2.75) is 32.9 Å². The normalized spacial score (nSPS) is 13.4. The molecule has 0 spiro atoms. The summed E-state index contributed by atoms with van der Waals surface area (Å²) in [5, 5.41) is 7.55. The summed E-state index contributed by atoms with van der Waals surface area (Å²) in [5.74, 6) is -0.0503. The molecular formula is C19H18F3N6O4P. The van der Waals surface area contributed by atoms with Gasteiger partial charge in [-0.05, 0) is 19.1 Å². The van der Waals surface area contributed by atoms with Gasteiger partial charge in [-0.3, -0.25) is 9.20 Å². The van der Waals surface area contributed by atoms with Gasteiger partial charge in [0.05, 0.1) is 28.9 Å². The van der Waals surface area contributed by atoms with Crippen molar-refractivity contribution in [2.24, 2.45) is 0 Å². The van der Waals surface area contributed by atoms with Gasteiger partial charge in [-0.25, -0.2) is 4.98 Å². The molecule has 0 aliphatic heterocycles. The number of nitrogens with zero attached hydrogens (tertiary/aromatic N) is 5. The van der Waals surface area contributed by atoms with Crippen molar-refractivity contribution in [3.05, 3.63) is 52.1 Å². The van der Waals surface area contributed by atoms with E-state index in [-0.39, 0.29) is 40.7 Å². The summed E-state index contributed by atoms with van der Waals surface area (Å²) >= 11 is 0. The Morgan fingerprint density at radius 3 is 2.67 bits per heavy atom. The molecular weight excluding hydrogens is 464 g/mol. The van der Waals surface area contributed by atoms with Crippen LogP contribution in [0.4, 0.5) is 13.2 Å². The van der Waals surface area contributed by atoms with Gasteiger partial charge in [-0.2, -0.15) is 18.1 Å². The lowest BCUT2D eigenvalue weighted by atomic mass is 10.1. The maximum Gasteiger partial charge on any atom is 0.418 e. The first-order chi connectivity index (χ1) is 15.5. The van der Waals surface area contributed by atoms with Crippen LogP contribution in [-0.2, 0) is 10.9 Å². The van der Waals surface area contributed by atoms with Crippen molar-refractivity contribution >= 4 is 30.2 Å². The minimum atomic E-state index is -4.75. The average molecular weight is 482 g/mol. The first kappa shape index (κ1) is 23.1. The van der Waals surface area contributed by atoms with Gasteiger partial charge in [-0.15, -0.1) is 10.2 Å². The van der Waals surface area contributed by atoms with Crippen LogP contribution < -0.4 is 10.5 Å². The highest BCUT2D eigenvalue weighted by molar-refractivity contribution is 7.45. The Morgan fingerprint density at radius 1 is 1.33 bits per heavy atom. The second kappa shape index (κ2) is 8.34. The van der Waals surface area contributed by atoms with E-state index in [4.69, 9.17) is 4.74 Å². The van der Waals surface area contributed by atoms with Crippen molar-refractivity contribution in [2.75, 3.05) is 6.61 Å². The fraction of sp³-hybridized carbons (Fsp3) is 0.316. The third kappa shape index (κ3) is 3.93. The SMILES string of the molecule is CCO/C(c1nnc2c(=O)[nH]c3cc(C(F)(F)F)c(-n4ccnc4C(C)C)cc3n12)=[P+](\[O-])O. The smallest absolute Gasteiger partial charge is 0.418 e. The van der Waals surface area contributed by atoms with Crippen LogP contribution in [0.2, 0.25) is 0 Å². The molecule has 0 amide bonds. The zero-order chi connectivity index (χ0) is 24.1. The van der Waals surface area contributed by atoms with E-state index in [1.54, 1.807) is 20.8 Å². The zero-order valence-corrected chi connectivity index (χ0v) is 18.5. The summed E-state index contributed by atoms with van der Waals surface area (Å²) in [7, 11) is -3.03. The first-order valence-electron chi connectivity index (χ1n) is 9.76. The molecule has 0 aliphatic carbocycles. The summed E-state index contributed by atoms with van der Waals surface area (Å²) < 4.78 is 49.7. The predicted octanol–water partition coefficient (Wildman–Crippen LogP) is 2.08. The van der Waals surface area contributed by atoms with E-state index < -0.39 is 30.8 Å². The minimum absolute atomic E-state index is 0.0171. The summed E-state index contributed by atoms with van der Waals surface area (Å²) in [4.78, 5) is 40.6. The Kier molecular flexibility index (Phi) is 5.83. The summed E-state index contributed by atoms with van der Waals surface area (Å²) in [5.41, 5.74) is -2.87. The molecule has 3 heterocycles. The number of hydrogen-bond donors (Lipinski definition) is 2. The molecule has 4 rings (SSSR count). The van der Waals surface area contributed by atoms with Crippen molar-refractivity contribution in [3.8, 4) is 5.69 Å². The van der Waals surface area contributed by atoms with Gasteiger partial charge < -0.3 is 19.2 Å². The third-order valence-electron chi connectivity index (χ3n) is 4.87. The van der Waals surface area contributed by atoms with Crippen molar-refractivity contribution in [1.29, 1.82) is 0 Å². The largest absolute Gasteiger partial charge is 0.601 e. The van der Waals surface area contributed by atoms with E-state index in [9.17, 15) is 27.8 Å². The number of alkyl halides is 3. The molecule has 0 radical (unpaired) electrons. The van der Waals surface area contributed by atoms with E-state index in [1.807, 2.05) is 0 Å². The molecule has 10 nitrogen and oxygen atoms in total. The monoisotopic (exact) mass is 482 g/mol. The molecule has 4 aromatic rings. The van der Waals surface area contributed by atoms with Gasteiger partial charge in [0.15, 0.2) is 0 Å². The molecule has 1 aromatic carbocycles. The van der Waals surface area contributed by atoms with E-state index >= 15 is 0 Å². The molecule has 0 aliphatic rings. The molecule has 3 aromatic heterocycles.